The summed E-state index contributed by atoms with van der Waals surface area (Å²) in [6.07, 6.45) is 0. The first-order valence-electron chi connectivity index (χ1n) is 4.18. The Kier molecular flexibility index (Phi) is 3.77. The largest absolute Gasteiger partial charge is 0.300 e. The third kappa shape index (κ3) is 3.51. The molecule has 2 heteroatoms. The Morgan fingerprint density at radius 2 is 1.83 bits per heavy atom. The van der Waals surface area contributed by atoms with Crippen LogP contribution in [-0.4, -0.2) is 25.7 Å². The van der Waals surface area contributed by atoms with Crippen molar-refractivity contribution >= 4 is 0 Å². The number of hydrogen-bond acceptors (Lipinski definition) is 2. The lowest BCUT2D eigenvalue weighted by Gasteiger charge is -2.10. The van der Waals surface area contributed by atoms with Crippen LogP contribution >= 0.6 is 0 Å². The highest BCUT2D eigenvalue weighted by molar-refractivity contribution is 5.14. The Hall–Kier alpha value is -0.860. The van der Waals surface area contributed by atoms with Crippen LogP contribution in [0, 0.1) is 0 Å². The number of hydrogen-bond donors (Lipinski definition) is 1. The molecule has 0 saturated carbocycles. The Morgan fingerprint density at radius 3 is 2.42 bits per heavy atom. The fourth-order valence-corrected chi connectivity index (χ4v) is 1.02. The van der Waals surface area contributed by atoms with Gasteiger partial charge in [0.2, 0.25) is 0 Å². The molecule has 0 aliphatic carbocycles. The van der Waals surface area contributed by atoms with Gasteiger partial charge in [0.15, 0.2) is 0 Å². The van der Waals surface area contributed by atoms with Crippen LogP contribution in [0.2, 0.25) is 0 Å². The topological polar surface area (TPSA) is 15.3 Å². The Bertz CT molecular complexity index is 206. The maximum Gasteiger partial charge on any atom is 0.0477 e. The smallest absolute Gasteiger partial charge is 0.0477 e. The molecule has 0 bridgehead atoms. The molecule has 0 radical (unpaired) electrons. The van der Waals surface area contributed by atoms with Crippen LogP contribution in [0.25, 0.3) is 0 Å². The molecule has 1 rings (SSSR count). The molecule has 0 unspecified atom stereocenters. The SMILES string of the molecule is CN(C)CNCc1ccccc1. The molecular weight excluding hydrogens is 148 g/mol. The molecule has 0 saturated heterocycles. The lowest BCUT2D eigenvalue weighted by molar-refractivity contribution is 0.367. The summed E-state index contributed by atoms with van der Waals surface area (Å²) in [5, 5.41) is 3.33. The molecule has 0 aromatic heterocycles. The minimum absolute atomic E-state index is 0.925. The highest BCUT2D eigenvalue weighted by Crippen LogP contribution is 1.96. The zero-order valence-electron chi connectivity index (χ0n) is 7.75. The first-order valence-corrected chi connectivity index (χ1v) is 4.18. The van der Waals surface area contributed by atoms with Crippen molar-refractivity contribution in [2.75, 3.05) is 20.8 Å². The van der Waals surface area contributed by atoms with E-state index in [1.165, 1.54) is 5.56 Å². The van der Waals surface area contributed by atoms with E-state index in [4.69, 9.17) is 0 Å². The van der Waals surface area contributed by atoms with Gasteiger partial charge in [0.1, 0.15) is 0 Å². The molecule has 0 heterocycles. The number of benzene rings is 1. The van der Waals surface area contributed by atoms with E-state index >= 15 is 0 Å². The summed E-state index contributed by atoms with van der Waals surface area (Å²) in [5.74, 6) is 0. The first-order chi connectivity index (χ1) is 5.79. The average Bonchev–Trinajstić information content (AvgIpc) is 2.05. The quantitative estimate of drug-likeness (QED) is 0.675. The fraction of sp³-hybridized carbons (Fsp3) is 0.400. The van der Waals surface area contributed by atoms with Crippen LogP contribution in [0.15, 0.2) is 30.3 Å². The lowest BCUT2D eigenvalue weighted by atomic mass is 10.2. The second kappa shape index (κ2) is 4.91. The number of nitrogens with one attached hydrogen (secondary N) is 1. The molecule has 12 heavy (non-hydrogen) atoms. The van der Waals surface area contributed by atoms with Gasteiger partial charge >= 0.3 is 0 Å². The summed E-state index contributed by atoms with van der Waals surface area (Å²) in [4.78, 5) is 2.11. The summed E-state index contributed by atoms with van der Waals surface area (Å²) >= 11 is 0. The van der Waals surface area contributed by atoms with Crippen molar-refractivity contribution in [3.63, 3.8) is 0 Å². The van der Waals surface area contributed by atoms with Gasteiger partial charge in [-0.05, 0) is 19.7 Å². The molecule has 0 fully saturated rings. The van der Waals surface area contributed by atoms with Gasteiger partial charge in [0.05, 0.1) is 0 Å². The van der Waals surface area contributed by atoms with Crippen LogP contribution in [0.5, 0.6) is 0 Å². The van der Waals surface area contributed by atoms with Crippen molar-refractivity contribution in [3.05, 3.63) is 35.9 Å². The van der Waals surface area contributed by atoms with Crippen LogP contribution in [-0.2, 0) is 6.54 Å². The van der Waals surface area contributed by atoms with Crippen molar-refractivity contribution in [1.29, 1.82) is 0 Å². The summed E-state index contributed by atoms with van der Waals surface area (Å²) in [5.41, 5.74) is 1.33. The van der Waals surface area contributed by atoms with Gasteiger partial charge in [-0.15, -0.1) is 0 Å². The van der Waals surface area contributed by atoms with Gasteiger partial charge in [-0.2, -0.15) is 0 Å². The van der Waals surface area contributed by atoms with E-state index in [9.17, 15) is 0 Å². The molecule has 0 atom stereocenters. The molecule has 66 valence electrons. The molecule has 0 aliphatic heterocycles. The lowest BCUT2D eigenvalue weighted by Crippen LogP contribution is -2.27. The Morgan fingerprint density at radius 1 is 1.17 bits per heavy atom. The van der Waals surface area contributed by atoms with E-state index < -0.39 is 0 Å². The second-order valence-electron chi connectivity index (χ2n) is 3.15. The summed E-state index contributed by atoms with van der Waals surface area (Å²) in [6.45, 7) is 1.87. The summed E-state index contributed by atoms with van der Waals surface area (Å²) in [7, 11) is 4.11. The van der Waals surface area contributed by atoms with E-state index in [1.54, 1.807) is 0 Å². The summed E-state index contributed by atoms with van der Waals surface area (Å²) < 4.78 is 0. The molecule has 0 amide bonds. The third-order valence-electron chi connectivity index (χ3n) is 1.60. The highest BCUT2D eigenvalue weighted by Gasteiger charge is 1.90. The van der Waals surface area contributed by atoms with Gasteiger partial charge in [-0.1, -0.05) is 30.3 Å². The van der Waals surface area contributed by atoms with Crippen molar-refractivity contribution in [1.82, 2.24) is 10.2 Å². The molecule has 0 aliphatic rings. The molecule has 1 N–H and O–H groups in total. The maximum absolute atomic E-state index is 3.33. The van der Waals surface area contributed by atoms with E-state index in [2.05, 4.69) is 48.6 Å². The van der Waals surface area contributed by atoms with Crippen LogP contribution < -0.4 is 5.32 Å². The van der Waals surface area contributed by atoms with Gasteiger partial charge in [-0.25, -0.2) is 0 Å². The predicted molar refractivity (Wildman–Crippen MR) is 51.8 cm³/mol. The second-order valence-corrected chi connectivity index (χ2v) is 3.15. The van der Waals surface area contributed by atoms with E-state index in [0.717, 1.165) is 13.2 Å². The zero-order valence-corrected chi connectivity index (χ0v) is 7.75. The molecule has 1 aromatic carbocycles. The molecule has 2 nitrogen and oxygen atoms in total. The molecule has 1 aromatic rings. The monoisotopic (exact) mass is 164 g/mol. The highest BCUT2D eigenvalue weighted by atomic mass is 15.2. The fourth-order valence-electron chi connectivity index (χ4n) is 1.02. The normalized spacial score (nSPS) is 10.6. The average molecular weight is 164 g/mol. The van der Waals surface area contributed by atoms with Gasteiger partial charge in [0.25, 0.3) is 0 Å². The van der Waals surface area contributed by atoms with Crippen molar-refractivity contribution < 1.29 is 0 Å². The van der Waals surface area contributed by atoms with Gasteiger partial charge < -0.3 is 5.32 Å². The predicted octanol–water partition coefficient (Wildman–Crippen LogP) is 1.30. The molecular formula is C10H16N2. The minimum atomic E-state index is 0.925. The minimum Gasteiger partial charge on any atom is -0.300 e. The Balaban J connectivity index is 2.25. The number of nitrogens with zero attached hydrogens (tertiary/aromatic N) is 1. The standard InChI is InChI=1S/C10H16N2/c1-12(2)9-11-8-10-6-4-3-5-7-10/h3-7,11H,8-9H2,1-2H3. The molecule has 0 spiro atoms. The van der Waals surface area contributed by atoms with Crippen LogP contribution in [0.3, 0.4) is 0 Å². The third-order valence-corrected chi connectivity index (χ3v) is 1.60. The van der Waals surface area contributed by atoms with E-state index in [1.807, 2.05) is 6.07 Å². The maximum atomic E-state index is 3.33. The van der Waals surface area contributed by atoms with Crippen molar-refractivity contribution in [2.24, 2.45) is 0 Å². The van der Waals surface area contributed by atoms with E-state index in [0.29, 0.717) is 0 Å². The van der Waals surface area contributed by atoms with Gasteiger partial charge in [-0.3, -0.25) is 4.90 Å². The van der Waals surface area contributed by atoms with Gasteiger partial charge in [0, 0.05) is 13.2 Å². The van der Waals surface area contributed by atoms with Crippen LogP contribution in [0.4, 0.5) is 0 Å². The van der Waals surface area contributed by atoms with E-state index in [-0.39, 0.29) is 0 Å². The zero-order chi connectivity index (χ0) is 8.81. The first kappa shape index (κ1) is 9.23. The van der Waals surface area contributed by atoms with Crippen LogP contribution in [0.1, 0.15) is 5.56 Å². The van der Waals surface area contributed by atoms with Crippen molar-refractivity contribution in [3.8, 4) is 0 Å². The van der Waals surface area contributed by atoms with Crippen molar-refractivity contribution in [2.45, 2.75) is 6.54 Å². The number of rotatable bonds is 4. The Labute approximate surface area is 74.2 Å². The summed E-state index contributed by atoms with van der Waals surface area (Å²) in [6, 6.07) is 10.4.